The monoisotopic (exact) mass is 408 g/mol. The van der Waals surface area contributed by atoms with Crippen LogP contribution in [0.3, 0.4) is 0 Å². The van der Waals surface area contributed by atoms with Crippen LogP contribution in [0.4, 0.5) is 5.69 Å². The average molecular weight is 409 g/mol. The Labute approximate surface area is 169 Å². The summed E-state index contributed by atoms with van der Waals surface area (Å²) in [5.41, 5.74) is 1.25. The van der Waals surface area contributed by atoms with Crippen molar-refractivity contribution in [2.45, 2.75) is 23.5 Å². The molecule has 1 N–H and O–H groups in total. The summed E-state index contributed by atoms with van der Waals surface area (Å²) in [5.74, 6) is 0.510. The number of thioether (sulfide) groups is 1. The molecule has 2 unspecified atom stereocenters. The van der Waals surface area contributed by atoms with Crippen molar-refractivity contribution in [2.75, 3.05) is 24.5 Å². The van der Waals surface area contributed by atoms with E-state index in [2.05, 4.69) is 34.5 Å². The van der Waals surface area contributed by atoms with Gasteiger partial charge in [0.05, 0.1) is 10.3 Å². The number of carbonyl (C=O) groups is 1. The number of para-hydroxylation sites is 1. The van der Waals surface area contributed by atoms with E-state index in [1.807, 2.05) is 13.0 Å². The summed E-state index contributed by atoms with van der Waals surface area (Å²) in [6, 6.07) is 15.7. The van der Waals surface area contributed by atoms with E-state index in [0.717, 1.165) is 24.4 Å². The molecule has 2 aromatic rings. The van der Waals surface area contributed by atoms with Crippen LogP contribution in [0.5, 0.6) is 0 Å². The van der Waals surface area contributed by atoms with Gasteiger partial charge < -0.3 is 10.2 Å². The van der Waals surface area contributed by atoms with E-state index < -0.39 is 0 Å². The van der Waals surface area contributed by atoms with Gasteiger partial charge in [-0.1, -0.05) is 41.4 Å². The van der Waals surface area contributed by atoms with Gasteiger partial charge in [-0.3, -0.25) is 4.79 Å². The lowest BCUT2D eigenvalue weighted by Gasteiger charge is -2.19. The first-order chi connectivity index (χ1) is 12.5. The van der Waals surface area contributed by atoms with Crippen molar-refractivity contribution in [2.24, 2.45) is 5.92 Å². The minimum absolute atomic E-state index is 0.0317. The quantitative estimate of drug-likeness (QED) is 0.673. The molecular formula is C20H22Cl2N2OS. The van der Waals surface area contributed by atoms with Gasteiger partial charge in [0.2, 0.25) is 5.91 Å². The Kier molecular flexibility index (Phi) is 6.74. The molecule has 3 nitrogen and oxygen atoms in total. The van der Waals surface area contributed by atoms with Crippen LogP contribution in [-0.2, 0) is 4.79 Å². The molecule has 3 rings (SSSR count). The molecule has 1 amide bonds. The lowest BCUT2D eigenvalue weighted by Crippen LogP contribution is -2.35. The van der Waals surface area contributed by atoms with Gasteiger partial charge in [0.25, 0.3) is 0 Å². The molecule has 0 aliphatic carbocycles. The number of benzene rings is 2. The van der Waals surface area contributed by atoms with Gasteiger partial charge in [-0.2, -0.15) is 0 Å². The van der Waals surface area contributed by atoms with Crippen molar-refractivity contribution in [3.05, 3.63) is 58.6 Å². The molecule has 138 valence electrons. The molecule has 0 radical (unpaired) electrons. The fraction of sp³-hybridized carbons (Fsp3) is 0.350. The van der Waals surface area contributed by atoms with Gasteiger partial charge in [-0.25, -0.2) is 0 Å². The molecule has 0 saturated carbocycles. The van der Waals surface area contributed by atoms with Crippen LogP contribution in [0.15, 0.2) is 53.4 Å². The molecule has 26 heavy (non-hydrogen) atoms. The Morgan fingerprint density at radius 3 is 2.81 bits per heavy atom. The largest absolute Gasteiger partial charge is 0.371 e. The summed E-state index contributed by atoms with van der Waals surface area (Å²) < 4.78 is 0. The van der Waals surface area contributed by atoms with Crippen LogP contribution in [0.1, 0.15) is 13.3 Å². The molecule has 2 atom stereocenters. The van der Waals surface area contributed by atoms with Crippen molar-refractivity contribution in [3.8, 4) is 0 Å². The van der Waals surface area contributed by atoms with Gasteiger partial charge >= 0.3 is 0 Å². The van der Waals surface area contributed by atoms with Gasteiger partial charge in [0, 0.05) is 35.2 Å². The lowest BCUT2D eigenvalue weighted by molar-refractivity contribution is -0.120. The maximum Gasteiger partial charge on any atom is 0.233 e. The van der Waals surface area contributed by atoms with E-state index in [9.17, 15) is 4.79 Å². The van der Waals surface area contributed by atoms with Gasteiger partial charge in [-0.05, 0) is 49.6 Å². The summed E-state index contributed by atoms with van der Waals surface area (Å²) in [5, 5.41) is 4.10. The first-order valence-corrected chi connectivity index (χ1v) is 10.4. The van der Waals surface area contributed by atoms with Crippen LogP contribution in [-0.4, -0.2) is 30.8 Å². The predicted molar refractivity (Wildman–Crippen MR) is 112 cm³/mol. The van der Waals surface area contributed by atoms with Crippen molar-refractivity contribution >= 4 is 46.6 Å². The van der Waals surface area contributed by atoms with Crippen molar-refractivity contribution in [3.63, 3.8) is 0 Å². The first-order valence-electron chi connectivity index (χ1n) is 8.72. The van der Waals surface area contributed by atoms with Crippen LogP contribution in [0, 0.1) is 5.92 Å². The Morgan fingerprint density at radius 2 is 2.04 bits per heavy atom. The minimum atomic E-state index is -0.224. The molecule has 0 bridgehead atoms. The van der Waals surface area contributed by atoms with Crippen LogP contribution >= 0.6 is 35.0 Å². The van der Waals surface area contributed by atoms with Crippen LogP contribution in [0.25, 0.3) is 0 Å². The van der Waals surface area contributed by atoms with E-state index in [0.29, 0.717) is 22.5 Å². The highest BCUT2D eigenvalue weighted by molar-refractivity contribution is 8.00. The summed E-state index contributed by atoms with van der Waals surface area (Å²) in [6.45, 7) is 4.61. The Bertz CT molecular complexity index is 757. The molecule has 1 heterocycles. The molecule has 1 aliphatic rings. The number of hydrogen-bond donors (Lipinski definition) is 1. The SMILES string of the molecule is CC(Sc1cc(Cl)ccc1Cl)C(=O)NCC1CCN(c2ccccc2)C1. The number of nitrogens with zero attached hydrogens (tertiary/aromatic N) is 1. The van der Waals surface area contributed by atoms with Crippen molar-refractivity contribution in [1.82, 2.24) is 5.32 Å². The lowest BCUT2D eigenvalue weighted by atomic mass is 10.1. The van der Waals surface area contributed by atoms with Crippen LogP contribution in [0.2, 0.25) is 10.0 Å². The molecule has 0 aromatic heterocycles. The first kappa shape index (κ1) is 19.4. The third-order valence-electron chi connectivity index (χ3n) is 4.54. The maximum absolute atomic E-state index is 12.4. The van der Waals surface area contributed by atoms with Crippen LogP contribution < -0.4 is 10.2 Å². The maximum atomic E-state index is 12.4. The standard InChI is InChI=1S/C20H22Cl2N2OS/c1-14(26-19-11-16(21)7-8-18(19)22)20(25)23-12-15-9-10-24(13-15)17-5-3-2-4-6-17/h2-8,11,14-15H,9-10,12-13H2,1H3,(H,23,25). The van der Waals surface area contributed by atoms with Crippen molar-refractivity contribution in [1.29, 1.82) is 0 Å². The van der Waals surface area contributed by atoms with Gasteiger partial charge in [0.15, 0.2) is 0 Å². The number of carbonyl (C=O) groups excluding carboxylic acids is 1. The smallest absolute Gasteiger partial charge is 0.233 e. The molecule has 1 aliphatic heterocycles. The van der Waals surface area contributed by atoms with Gasteiger partial charge in [0.1, 0.15) is 0 Å². The van der Waals surface area contributed by atoms with Gasteiger partial charge in [-0.15, -0.1) is 11.8 Å². The number of hydrogen-bond acceptors (Lipinski definition) is 3. The molecule has 2 aromatic carbocycles. The molecule has 1 fully saturated rings. The topological polar surface area (TPSA) is 32.3 Å². The van der Waals surface area contributed by atoms with E-state index >= 15 is 0 Å². The number of amides is 1. The van der Waals surface area contributed by atoms with E-state index in [1.54, 1.807) is 18.2 Å². The van der Waals surface area contributed by atoms with E-state index in [-0.39, 0.29) is 11.2 Å². The molecule has 1 saturated heterocycles. The third kappa shape index (κ3) is 5.09. The Morgan fingerprint density at radius 1 is 1.27 bits per heavy atom. The minimum Gasteiger partial charge on any atom is -0.371 e. The zero-order chi connectivity index (χ0) is 18.5. The van der Waals surface area contributed by atoms with Crippen molar-refractivity contribution < 1.29 is 4.79 Å². The number of nitrogens with one attached hydrogen (secondary N) is 1. The zero-order valence-electron chi connectivity index (χ0n) is 14.6. The molecule has 0 spiro atoms. The zero-order valence-corrected chi connectivity index (χ0v) is 16.9. The molecular weight excluding hydrogens is 387 g/mol. The second kappa shape index (κ2) is 9.03. The third-order valence-corrected chi connectivity index (χ3v) is 6.37. The highest BCUT2D eigenvalue weighted by Gasteiger charge is 2.24. The van der Waals surface area contributed by atoms with E-state index in [4.69, 9.17) is 23.2 Å². The normalized spacial score (nSPS) is 18.0. The average Bonchev–Trinajstić information content (AvgIpc) is 3.12. The fourth-order valence-electron chi connectivity index (χ4n) is 3.07. The highest BCUT2D eigenvalue weighted by atomic mass is 35.5. The second-order valence-corrected chi connectivity index (χ2v) is 8.74. The number of anilines is 1. The Balaban J connectivity index is 1.47. The summed E-state index contributed by atoms with van der Waals surface area (Å²) in [6.07, 6.45) is 1.09. The Hall–Kier alpha value is -1.36. The summed E-state index contributed by atoms with van der Waals surface area (Å²) >= 11 is 13.6. The number of rotatable bonds is 6. The fourth-order valence-corrected chi connectivity index (χ4v) is 4.51. The summed E-state index contributed by atoms with van der Waals surface area (Å²) in [4.78, 5) is 15.6. The summed E-state index contributed by atoms with van der Waals surface area (Å²) in [7, 11) is 0. The predicted octanol–water partition coefficient (Wildman–Crippen LogP) is 5.12. The highest BCUT2D eigenvalue weighted by Crippen LogP contribution is 2.32. The molecule has 6 heteroatoms. The second-order valence-electron chi connectivity index (χ2n) is 6.52. The number of halogens is 2. The van der Waals surface area contributed by atoms with E-state index in [1.165, 1.54) is 17.4 Å².